The zero-order valence-electron chi connectivity index (χ0n) is 11.8. The third kappa shape index (κ3) is 5.03. The average Bonchev–Trinajstić information content (AvgIpc) is 3.02. The molecule has 7 heteroatoms. The van der Waals surface area contributed by atoms with Crippen LogP contribution in [0.2, 0.25) is 0 Å². The molecular weight excluding hydrogens is 280 g/mol. The van der Waals surface area contributed by atoms with Gasteiger partial charge < -0.3 is 10.4 Å². The Morgan fingerprint density at radius 1 is 1.25 bits per heavy atom. The van der Waals surface area contributed by atoms with Gasteiger partial charge in [-0.05, 0) is 44.6 Å². The highest BCUT2D eigenvalue weighted by Gasteiger charge is 2.32. The minimum Gasteiger partial charge on any atom is -0.481 e. The van der Waals surface area contributed by atoms with Gasteiger partial charge in [-0.25, -0.2) is 12.7 Å². The van der Waals surface area contributed by atoms with Crippen molar-refractivity contribution >= 4 is 16.0 Å². The summed E-state index contributed by atoms with van der Waals surface area (Å²) in [5.74, 6) is -0.490. The van der Waals surface area contributed by atoms with Gasteiger partial charge >= 0.3 is 5.97 Å². The Morgan fingerprint density at radius 3 is 2.55 bits per heavy atom. The van der Waals surface area contributed by atoms with Gasteiger partial charge in [0.15, 0.2) is 0 Å². The molecule has 1 atom stereocenters. The van der Waals surface area contributed by atoms with Crippen LogP contribution in [0, 0.1) is 5.92 Å². The van der Waals surface area contributed by atoms with Crippen LogP contribution in [0.3, 0.4) is 0 Å². The van der Waals surface area contributed by atoms with Gasteiger partial charge in [-0.1, -0.05) is 0 Å². The lowest BCUT2D eigenvalue weighted by atomic mass is 10.2. The number of sulfonamides is 1. The molecule has 0 spiro atoms. The van der Waals surface area contributed by atoms with Crippen LogP contribution < -0.4 is 5.32 Å². The molecule has 1 heterocycles. The summed E-state index contributed by atoms with van der Waals surface area (Å²) in [5.41, 5.74) is 0. The number of aliphatic carboxylic acids is 1. The first-order valence-corrected chi connectivity index (χ1v) is 9.01. The third-order valence-corrected chi connectivity index (χ3v) is 5.82. The summed E-state index contributed by atoms with van der Waals surface area (Å²) in [6.07, 6.45) is 4.44. The van der Waals surface area contributed by atoms with Gasteiger partial charge in [0, 0.05) is 25.6 Å². The van der Waals surface area contributed by atoms with E-state index in [0.717, 1.165) is 32.2 Å². The maximum absolute atomic E-state index is 12.4. The van der Waals surface area contributed by atoms with E-state index in [1.54, 1.807) is 4.31 Å². The maximum Gasteiger partial charge on any atom is 0.303 e. The van der Waals surface area contributed by atoms with E-state index in [1.807, 2.05) is 0 Å². The van der Waals surface area contributed by atoms with Crippen molar-refractivity contribution in [1.29, 1.82) is 0 Å². The molecule has 2 aliphatic rings. The number of carboxylic acid groups (broad SMARTS) is 1. The van der Waals surface area contributed by atoms with Crippen molar-refractivity contribution in [3.05, 3.63) is 0 Å². The number of hydrogen-bond donors (Lipinski definition) is 2. The van der Waals surface area contributed by atoms with Crippen molar-refractivity contribution < 1.29 is 18.3 Å². The van der Waals surface area contributed by atoms with Crippen LogP contribution in [0.15, 0.2) is 0 Å². The molecule has 0 aromatic rings. The number of nitrogens with one attached hydrogen (secondary N) is 1. The van der Waals surface area contributed by atoms with E-state index in [4.69, 9.17) is 5.11 Å². The quantitative estimate of drug-likeness (QED) is 0.653. The summed E-state index contributed by atoms with van der Waals surface area (Å²) >= 11 is 0. The lowest BCUT2D eigenvalue weighted by Crippen LogP contribution is -2.43. The van der Waals surface area contributed by atoms with Crippen molar-refractivity contribution in [2.24, 2.45) is 5.92 Å². The zero-order chi connectivity index (χ0) is 14.6. The van der Waals surface area contributed by atoms with Crippen molar-refractivity contribution in [1.82, 2.24) is 9.62 Å². The molecule has 0 aromatic carbocycles. The second kappa shape index (κ2) is 6.87. The minimum absolute atomic E-state index is 0.0568. The topological polar surface area (TPSA) is 86.7 Å². The number of carboxylic acids is 1. The Hall–Kier alpha value is -0.660. The summed E-state index contributed by atoms with van der Waals surface area (Å²) in [4.78, 5) is 10.5. The summed E-state index contributed by atoms with van der Waals surface area (Å²) in [6.45, 7) is 2.10. The predicted octanol–water partition coefficient (Wildman–Crippen LogP) is 0.645. The smallest absolute Gasteiger partial charge is 0.303 e. The van der Waals surface area contributed by atoms with E-state index in [9.17, 15) is 13.2 Å². The molecule has 1 aliphatic carbocycles. The van der Waals surface area contributed by atoms with Gasteiger partial charge in [0.05, 0.1) is 5.75 Å². The van der Waals surface area contributed by atoms with Crippen LogP contribution in [0.25, 0.3) is 0 Å². The molecule has 0 radical (unpaired) electrons. The highest BCUT2D eigenvalue weighted by molar-refractivity contribution is 7.89. The van der Waals surface area contributed by atoms with E-state index in [-0.39, 0.29) is 24.6 Å². The molecule has 2 rings (SSSR count). The first-order valence-electron chi connectivity index (χ1n) is 7.40. The van der Waals surface area contributed by atoms with Gasteiger partial charge in [-0.2, -0.15) is 0 Å². The average molecular weight is 304 g/mol. The van der Waals surface area contributed by atoms with Crippen molar-refractivity contribution in [2.75, 3.05) is 25.4 Å². The van der Waals surface area contributed by atoms with Crippen molar-refractivity contribution in [3.63, 3.8) is 0 Å². The second-order valence-electron chi connectivity index (χ2n) is 5.87. The van der Waals surface area contributed by atoms with Gasteiger partial charge in [-0.3, -0.25) is 4.79 Å². The Labute approximate surface area is 120 Å². The van der Waals surface area contributed by atoms with Gasteiger partial charge in [0.1, 0.15) is 0 Å². The number of nitrogens with zero attached hydrogens (tertiary/aromatic N) is 1. The fraction of sp³-hybridized carbons (Fsp3) is 0.923. The molecule has 1 unspecified atom stereocenters. The van der Waals surface area contributed by atoms with E-state index in [0.29, 0.717) is 19.0 Å². The summed E-state index contributed by atoms with van der Waals surface area (Å²) < 4.78 is 26.3. The Bertz CT molecular complexity index is 428. The summed E-state index contributed by atoms with van der Waals surface area (Å²) in [5, 5.41) is 11.9. The molecule has 2 fully saturated rings. The SMILES string of the molecule is O=C(O)CCCS(=O)(=O)N(CC1CC1)CC1CCCN1. The van der Waals surface area contributed by atoms with Crippen LogP contribution in [0.1, 0.15) is 38.5 Å². The van der Waals surface area contributed by atoms with Crippen molar-refractivity contribution in [2.45, 2.75) is 44.6 Å². The predicted molar refractivity (Wildman–Crippen MR) is 76.0 cm³/mol. The number of rotatable bonds is 9. The molecule has 20 heavy (non-hydrogen) atoms. The summed E-state index contributed by atoms with van der Waals surface area (Å²) in [7, 11) is -3.33. The van der Waals surface area contributed by atoms with E-state index in [1.165, 1.54) is 0 Å². The Morgan fingerprint density at radius 2 is 2.00 bits per heavy atom. The summed E-state index contributed by atoms with van der Waals surface area (Å²) in [6, 6.07) is 0.253. The van der Waals surface area contributed by atoms with Crippen LogP contribution in [0.5, 0.6) is 0 Å². The first kappa shape index (κ1) is 15.7. The van der Waals surface area contributed by atoms with Crippen molar-refractivity contribution in [3.8, 4) is 0 Å². The first-order chi connectivity index (χ1) is 9.47. The van der Waals surface area contributed by atoms with E-state index >= 15 is 0 Å². The van der Waals surface area contributed by atoms with Crippen LogP contribution in [-0.2, 0) is 14.8 Å². The minimum atomic E-state index is -3.33. The molecule has 0 amide bonds. The molecule has 2 N–H and O–H groups in total. The fourth-order valence-corrected chi connectivity index (χ4v) is 4.20. The molecule has 1 saturated heterocycles. The maximum atomic E-state index is 12.4. The van der Waals surface area contributed by atoms with Crippen LogP contribution in [0.4, 0.5) is 0 Å². The largest absolute Gasteiger partial charge is 0.481 e. The zero-order valence-corrected chi connectivity index (χ0v) is 12.6. The number of carbonyl (C=O) groups is 1. The van der Waals surface area contributed by atoms with Gasteiger partial charge in [-0.15, -0.1) is 0 Å². The van der Waals surface area contributed by atoms with E-state index < -0.39 is 16.0 Å². The lowest BCUT2D eigenvalue weighted by molar-refractivity contribution is -0.137. The highest BCUT2D eigenvalue weighted by atomic mass is 32.2. The molecule has 116 valence electrons. The lowest BCUT2D eigenvalue weighted by Gasteiger charge is -2.25. The molecule has 0 bridgehead atoms. The number of hydrogen-bond acceptors (Lipinski definition) is 4. The monoisotopic (exact) mass is 304 g/mol. The molecular formula is C13H24N2O4S. The van der Waals surface area contributed by atoms with E-state index in [2.05, 4.69) is 5.32 Å². The normalized spacial score (nSPS) is 23.4. The third-order valence-electron chi connectivity index (χ3n) is 3.93. The molecule has 6 nitrogen and oxygen atoms in total. The molecule has 1 saturated carbocycles. The second-order valence-corrected chi connectivity index (χ2v) is 7.96. The molecule has 0 aromatic heterocycles. The van der Waals surface area contributed by atoms with Gasteiger partial charge in [0.25, 0.3) is 0 Å². The highest BCUT2D eigenvalue weighted by Crippen LogP contribution is 2.31. The fourth-order valence-electron chi connectivity index (χ4n) is 2.58. The molecule has 1 aliphatic heterocycles. The van der Waals surface area contributed by atoms with Crippen LogP contribution >= 0.6 is 0 Å². The Balaban J connectivity index is 1.90. The van der Waals surface area contributed by atoms with Gasteiger partial charge in [0.2, 0.25) is 10.0 Å². The Kier molecular flexibility index (Phi) is 5.40. The van der Waals surface area contributed by atoms with Crippen LogP contribution in [-0.4, -0.2) is 55.2 Å². The standard InChI is InChI=1S/C13H24N2O4S/c16-13(17)4-2-8-20(18,19)15(9-11-5-6-11)10-12-3-1-7-14-12/h11-12,14H,1-10H2,(H,16,17).